The van der Waals surface area contributed by atoms with Crippen LogP contribution >= 0.6 is 0 Å². The van der Waals surface area contributed by atoms with Crippen molar-refractivity contribution < 1.29 is 0 Å². The van der Waals surface area contributed by atoms with Gasteiger partial charge in [0.15, 0.2) is 0 Å². The van der Waals surface area contributed by atoms with Crippen LogP contribution < -0.4 is 5.32 Å². The summed E-state index contributed by atoms with van der Waals surface area (Å²) in [5.74, 6) is 0.885. The molecule has 0 spiro atoms. The van der Waals surface area contributed by atoms with Crippen molar-refractivity contribution in [2.24, 2.45) is 11.3 Å². The van der Waals surface area contributed by atoms with Gasteiger partial charge in [-0.25, -0.2) is 0 Å². The molecule has 1 N–H and O–H groups in total. The summed E-state index contributed by atoms with van der Waals surface area (Å²) < 4.78 is 0. The molecule has 1 saturated heterocycles. The third-order valence-electron chi connectivity index (χ3n) is 4.03. The van der Waals surface area contributed by atoms with Gasteiger partial charge in [0.2, 0.25) is 0 Å². The highest BCUT2D eigenvalue weighted by Gasteiger charge is 2.31. The van der Waals surface area contributed by atoms with Crippen molar-refractivity contribution in [2.75, 3.05) is 26.2 Å². The van der Waals surface area contributed by atoms with Crippen LogP contribution in [0.3, 0.4) is 0 Å². The van der Waals surface area contributed by atoms with Gasteiger partial charge in [0.1, 0.15) is 0 Å². The first-order chi connectivity index (χ1) is 7.43. The summed E-state index contributed by atoms with van der Waals surface area (Å²) in [7, 11) is 0. The van der Waals surface area contributed by atoms with E-state index in [0.717, 1.165) is 12.5 Å². The standard InChI is InChI=1S/C14H30N2/c1-6-12(2)15-8-10-16-9-7-13(11-16)14(3,4)5/h12-13,15H,6-11H2,1-5H3. The molecule has 0 bridgehead atoms. The molecule has 0 aromatic heterocycles. The molecule has 0 aromatic rings. The lowest BCUT2D eigenvalue weighted by molar-refractivity contribution is 0.228. The van der Waals surface area contributed by atoms with E-state index in [1.54, 1.807) is 0 Å². The zero-order chi connectivity index (χ0) is 12.2. The highest BCUT2D eigenvalue weighted by Crippen LogP contribution is 2.33. The van der Waals surface area contributed by atoms with Crippen molar-refractivity contribution in [3.05, 3.63) is 0 Å². The van der Waals surface area contributed by atoms with E-state index in [0.29, 0.717) is 11.5 Å². The molecule has 1 heterocycles. The second-order valence-electron chi connectivity index (χ2n) is 6.42. The van der Waals surface area contributed by atoms with Crippen molar-refractivity contribution in [3.8, 4) is 0 Å². The third kappa shape index (κ3) is 4.42. The van der Waals surface area contributed by atoms with Gasteiger partial charge in [-0.1, -0.05) is 27.7 Å². The summed E-state index contributed by atoms with van der Waals surface area (Å²) in [6.45, 7) is 16.6. The van der Waals surface area contributed by atoms with Crippen molar-refractivity contribution in [1.82, 2.24) is 10.2 Å². The fourth-order valence-corrected chi connectivity index (χ4v) is 2.36. The number of rotatable bonds is 5. The molecule has 2 nitrogen and oxygen atoms in total. The van der Waals surface area contributed by atoms with Gasteiger partial charge in [-0.3, -0.25) is 0 Å². The second-order valence-corrected chi connectivity index (χ2v) is 6.42. The summed E-state index contributed by atoms with van der Waals surface area (Å²) >= 11 is 0. The number of nitrogens with one attached hydrogen (secondary N) is 1. The maximum atomic E-state index is 3.57. The van der Waals surface area contributed by atoms with Crippen molar-refractivity contribution >= 4 is 0 Å². The average Bonchev–Trinajstić information content (AvgIpc) is 2.65. The van der Waals surface area contributed by atoms with E-state index < -0.39 is 0 Å². The van der Waals surface area contributed by atoms with Crippen LogP contribution in [0.2, 0.25) is 0 Å². The molecule has 0 amide bonds. The summed E-state index contributed by atoms with van der Waals surface area (Å²) in [4.78, 5) is 2.62. The SMILES string of the molecule is CCC(C)NCCN1CCC(C(C)(C)C)C1. The summed E-state index contributed by atoms with van der Waals surface area (Å²) in [6, 6.07) is 0.668. The number of nitrogens with zero attached hydrogens (tertiary/aromatic N) is 1. The Bertz CT molecular complexity index is 195. The van der Waals surface area contributed by atoms with Crippen LogP contribution in [-0.4, -0.2) is 37.1 Å². The maximum Gasteiger partial charge on any atom is 0.0107 e. The van der Waals surface area contributed by atoms with Crippen LogP contribution in [0.1, 0.15) is 47.5 Å². The Balaban J connectivity index is 2.17. The fraction of sp³-hybridized carbons (Fsp3) is 1.00. The highest BCUT2D eigenvalue weighted by atomic mass is 15.2. The predicted molar refractivity (Wildman–Crippen MR) is 71.8 cm³/mol. The molecule has 1 aliphatic rings. The maximum absolute atomic E-state index is 3.57. The van der Waals surface area contributed by atoms with Gasteiger partial charge >= 0.3 is 0 Å². The van der Waals surface area contributed by atoms with Crippen LogP contribution in [0.25, 0.3) is 0 Å². The molecular weight excluding hydrogens is 196 g/mol. The minimum Gasteiger partial charge on any atom is -0.313 e. The van der Waals surface area contributed by atoms with Crippen LogP contribution in [0.5, 0.6) is 0 Å². The Hall–Kier alpha value is -0.0800. The summed E-state index contributed by atoms with van der Waals surface area (Å²) in [5.41, 5.74) is 0.485. The zero-order valence-electron chi connectivity index (χ0n) is 11.8. The highest BCUT2D eigenvalue weighted by molar-refractivity contribution is 4.84. The lowest BCUT2D eigenvalue weighted by atomic mass is 9.80. The van der Waals surface area contributed by atoms with Crippen molar-refractivity contribution in [3.63, 3.8) is 0 Å². The third-order valence-corrected chi connectivity index (χ3v) is 4.03. The Kier molecular flexibility index (Phi) is 5.26. The Morgan fingerprint density at radius 2 is 2.06 bits per heavy atom. The number of hydrogen-bond acceptors (Lipinski definition) is 2. The average molecular weight is 226 g/mol. The van der Waals surface area contributed by atoms with E-state index in [1.165, 1.54) is 32.5 Å². The van der Waals surface area contributed by atoms with Gasteiger partial charge in [0, 0.05) is 25.7 Å². The van der Waals surface area contributed by atoms with E-state index in [2.05, 4.69) is 44.8 Å². The van der Waals surface area contributed by atoms with Gasteiger partial charge in [0.25, 0.3) is 0 Å². The lowest BCUT2D eigenvalue weighted by Crippen LogP contribution is -2.35. The largest absolute Gasteiger partial charge is 0.313 e. The number of hydrogen-bond donors (Lipinski definition) is 1. The van der Waals surface area contributed by atoms with E-state index in [1.807, 2.05) is 0 Å². The molecule has 16 heavy (non-hydrogen) atoms. The normalized spacial score (nSPS) is 24.9. The molecule has 0 aliphatic carbocycles. The van der Waals surface area contributed by atoms with Gasteiger partial charge in [-0.2, -0.15) is 0 Å². The molecule has 0 radical (unpaired) electrons. The molecular formula is C14H30N2. The first kappa shape index (κ1) is 14.0. The molecule has 96 valence electrons. The molecule has 2 atom stereocenters. The van der Waals surface area contributed by atoms with Crippen molar-refractivity contribution in [2.45, 2.75) is 53.5 Å². The Morgan fingerprint density at radius 3 is 2.56 bits per heavy atom. The molecule has 2 unspecified atom stereocenters. The van der Waals surface area contributed by atoms with E-state index >= 15 is 0 Å². The first-order valence-electron chi connectivity index (χ1n) is 6.89. The van der Waals surface area contributed by atoms with Gasteiger partial charge in [-0.15, -0.1) is 0 Å². The first-order valence-corrected chi connectivity index (χ1v) is 6.89. The summed E-state index contributed by atoms with van der Waals surface area (Å²) in [5, 5.41) is 3.57. The van der Waals surface area contributed by atoms with Crippen LogP contribution in [-0.2, 0) is 0 Å². The monoisotopic (exact) mass is 226 g/mol. The van der Waals surface area contributed by atoms with Gasteiger partial charge in [-0.05, 0) is 37.6 Å². The molecule has 1 fully saturated rings. The second kappa shape index (κ2) is 6.02. The Morgan fingerprint density at radius 1 is 1.38 bits per heavy atom. The van der Waals surface area contributed by atoms with E-state index in [4.69, 9.17) is 0 Å². The predicted octanol–water partition coefficient (Wildman–Crippen LogP) is 2.74. The Labute approximate surface area is 102 Å². The van der Waals surface area contributed by atoms with Gasteiger partial charge in [0.05, 0.1) is 0 Å². The van der Waals surface area contributed by atoms with Crippen molar-refractivity contribution in [1.29, 1.82) is 0 Å². The topological polar surface area (TPSA) is 15.3 Å². The van der Waals surface area contributed by atoms with E-state index in [-0.39, 0.29) is 0 Å². The minimum atomic E-state index is 0.485. The molecule has 1 rings (SSSR count). The fourth-order valence-electron chi connectivity index (χ4n) is 2.36. The quantitative estimate of drug-likeness (QED) is 0.775. The lowest BCUT2D eigenvalue weighted by Gasteiger charge is -2.27. The zero-order valence-corrected chi connectivity index (χ0v) is 11.8. The van der Waals surface area contributed by atoms with Gasteiger partial charge < -0.3 is 10.2 Å². The number of likely N-dealkylation sites (tertiary alicyclic amines) is 1. The smallest absolute Gasteiger partial charge is 0.0107 e. The summed E-state index contributed by atoms with van der Waals surface area (Å²) in [6.07, 6.45) is 2.61. The molecule has 1 aliphatic heterocycles. The molecule has 0 aromatic carbocycles. The molecule has 2 heteroatoms. The van der Waals surface area contributed by atoms with Crippen LogP contribution in [0, 0.1) is 11.3 Å². The minimum absolute atomic E-state index is 0.485. The van der Waals surface area contributed by atoms with Crippen LogP contribution in [0.4, 0.5) is 0 Å². The van der Waals surface area contributed by atoms with E-state index in [9.17, 15) is 0 Å². The molecule has 0 saturated carbocycles. The van der Waals surface area contributed by atoms with Crippen LogP contribution in [0.15, 0.2) is 0 Å².